The molecule has 0 bridgehead atoms. The van der Waals surface area contributed by atoms with E-state index in [4.69, 9.17) is 5.73 Å². The maximum Gasteiger partial charge on any atom is 0.126 e. The van der Waals surface area contributed by atoms with E-state index in [1.54, 1.807) is 18.3 Å². The summed E-state index contributed by atoms with van der Waals surface area (Å²) in [6.45, 7) is 2.22. The Bertz CT molecular complexity index is 250. The third-order valence-corrected chi connectivity index (χ3v) is 1.70. The molecule has 0 saturated carbocycles. The summed E-state index contributed by atoms with van der Waals surface area (Å²) in [6.07, 6.45) is 1.05. The first-order chi connectivity index (χ1) is 5.74. The first-order valence-electron chi connectivity index (χ1n) is 4.00. The molecule has 66 valence electrons. The molecule has 0 aliphatic rings. The lowest BCUT2D eigenvalue weighted by molar-refractivity contribution is 0.327. The van der Waals surface area contributed by atoms with E-state index in [0.717, 1.165) is 5.69 Å². The van der Waals surface area contributed by atoms with E-state index in [-0.39, 0.29) is 0 Å². The zero-order valence-corrected chi connectivity index (χ0v) is 7.13. The monoisotopic (exact) mass is 168 g/mol. The number of halogens is 1. The molecular weight excluding hydrogens is 155 g/mol. The highest BCUT2D eigenvalue weighted by Crippen LogP contribution is 2.19. The van der Waals surface area contributed by atoms with Gasteiger partial charge in [0.1, 0.15) is 6.17 Å². The summed E-state index contributed by atoms with van der Waals surface area (Å²) in [5.41, 5.74) is 6.76. The van der Waals surface area contributed by atoms with Gasteiger partial charge in [0.25, 0.3) is 0 Å². The van der Waals surface area contributed by atoms with Crippen LogP contribution in [0.1, 0.15) is 23.8 Å². The lowest BCUT2D eigenvalue weighted by Gasteiger charge is -2.06. The highest BCUT2D eigenvalue weighted by molar-refractivity contribution is 5.17. The Hall–Kier alpha value is -0.960. The van der Waals surface area contributed by atoms with Crippen LogP contribution in [0, 0.1) is 6.92 Å². The molecule has 1 aromatic rings. The fraction of sp³-hybridized carbons (Fsp3) is 0.444. The van der Waals surface area contributed by atoms with E-state index in [1.807, 2.05) is 6.92 Å². The van der Waals surface area contributed by atoms with E-state index in [1.165, 1.54) is 0 Å². The van der Waals surface area contributed by atoms with Gasteiger partial charge in [-0.2, -0.15) is 0 Å². The standard InChI is InChI=1S/C9H13FN2/c1-7-6-8(3-5-12-7)9(10)2-4-11/h3,5-6,9H,2,4,11H2,1H3. The highest BCUT2D eigenvalue weighted by Gasteiger charge is 2.07. The first-order valence-corrected chi connectivity index (χ1v) is 4.00. The molecule has 0 aromatic carbocycles. The Morgan fingerprint density at radius 3 is 3.00 bits per heavy atom. The SMILES string of the molecule is Cc1cc(C(F)CCN)ccn1. The molecule has 0 amide bonds. The van der Waals surface area contributed by atoms with Gasteiger partial charge in [-0.15, -0.1) is 0 Å². The van der Waals surface area contributed by atoms with E-state index in [0.29, 0.717) is 18.5 Å². The second-order valence-corrected chi connectivity index (χ2v) is 2.78. The van der Waals surface area contributed by atoms with Gasteiger partial charge in [0, 0.05) is 11.9 Å². The summed E-state index contributed by atoms with van der Waals surface area (Å²) in [5.74, 6) is 0. The van der Waals surface area contributed by atoms with Gasteiger partial charge in [0.05, 0.1) is 0 Å². The molecule has 0 aliphatic carbocycles. The Morgan fingerprint density at radius 2 is 2.42 bits per heavy atom. The smallest absolute Gasteiger partial charge is 0.126 e. The molecule has 1 heterocycles. The summed E-state index contributed by atoms with van der Waals surface area (Å²) in [4.78, 5) is 3.98. The minimum atomic E-state index is -0.948. The van der Waals surface area contributed by atoms with Crippen molar-refractivity contribution in [1.29, 1.82) is 0 Å². The lowest BCUT2D eigenvalue weighted by atomic mass is 10.1. The van der Waals surface area contributed by atoms with Crippen molar-refractivity contribution in [3.05, 3.63) is 29.6 Å². The van der Waals surface area contributed by atoms with E-state index in [9.17, 15) is 4.39 Å². The number of pyridine rings is 1. The zero-order chi connectivity index (χ0) is 8.97. The van der Waals surface area contributed by atoms with Gasteiger partial charge < -0.3 is 5.73 Å². The Labute approximate surface area is 71.6 Å². The molecular formula is C9H13FN2. The van der Waals surface area contributed by atoms with Crippen molar-refractivity contribution in [1.82, 2.24) is 4.98 Å². The molecule has 0 radical (unpaired) electrons. The van der Waals surface area contributed by atoms with Crippen molar-refractivity contribution in [2.75, 3.05) is 6.54 Å². The van der Waals surface area contributed by atoms with Crippen molar-refractivity contribution < 1.29 is 4.39 Å². The summed E-state index contributed by atoms with van der Waals surface area (Å²) in [7, 11) is 0. The average Bonchev–Trinajstić information content (AvgIpc) is 2.05. The molecule has 2 nitrogen and oxygen atoms in total. The number of aromatic nitrogens is 1. The number of aryl methyl sites for hydroxylation is 1. The summed E-state index contributed by atoms with van der Waals surface area (Å²) >= 11 is 0. The summed E-state index contributed by atoms with van der Waals surface area (Å²) < 4.78 is 13.2. The van der Waals surface area contributed by atoms with Crippen molar-refractivity contribution in [3.8, 4) is 0 Å². The molecule has 2 N–H and O–H groups in total. The molecule has 0 saturated heterocycles. The Balaban J connectivity index is 2.73. The molecule has 12 heavy (non-hydrogen) atoms. The van der Waals surface area contributed by atoms with Crippen LogP contribution in [0.5, 0.6) is 0 Å². The number of rotatable bonds is 3. The Kier molecular flexibility index (Phi) is 3.17. The predicted octanol–water partition coefficient (Wildman–Crippen LogP) is 1.75. The van der Waals surface area contributed by atoms with Crippen molar-refractivity contribution >= 4 is 0 Å². The number of hydrogen-bond acceptors (Lipinski definition) is 2. The van der Waals surface area contributed by atoms with Crippen molar-refractivity contribution in [2.45, 2.75) is 19.5 Å². The summed E-state index contributed by atoms with van der Waals surface area (Å²) in [6, 6.07) is 3.44. The number of alkyl halides is 1. The minimum absolute atomic E-state index is 0.378. The fourth-order valence-corrected chi connectivity index (χ4v) is 1.08. The lowest BCUT2D eigenvalue weighted by Crippen LogP contribution is -2.03. The van der Waals surface area contributed by atoms with E-state index < -0.39 is 6.17 Å². The first kappa shape index (κ1) is 9.13. The number of nitrogens with zero attached hydrogens (tertiary/aromatic N) is 1. The molecule has 1 unspecified atom stereocenters. The average molecular weight is 168 g/mol. The molecule has 1 rings (SSSR count). The van der Waals surface area contributed by atoms with Crippen LogP contribution >= 0.6 is 0 Å². The third kappa shape index (κ3) is 2.27. The van der Waals surface area contributed by atoms with Crippen molar-refractivity contribution in [3.63, 3.8) is 0 Å². The number of hydrogen-bond donors (Lipinski definition) is 1. The number of nitrogens with two attached hydrogens (primary N) is 1. The van der Waals surface area contributed by atoms with Gasteiger partial charge in [-0.25, -0.2) is 4.39 Å². The van der Waals surface area contributed by atoms with Gasteiger partial charge in [-0.05, 0) is 37.6 Å². The highest BCUT2D eigenvalue weighted by atomic mass is 19.1. The normalized spacial score (nSPS) is 12.9. The van der Waals surface area contributed by atoms with Crippen LogP contribution in [0.15, 0.2) is 18.3 Å². The van der Waals surface area contributed by atoms with Crippen LogP contribution in [-0.2, 0) is 0 Å². The quantitative estimate of drug-likeness (QED) is 0.746. The van der Waals surface area contributed by atoms with Crippen LogP contribution in [0.3, 0.4) is 0 Å². The van der Waals surface area contributed by atoms with Gasteiger partial charge in [0.2, 0.25) is 0 Å². The molecule has 0 fully saturated rings. The van der Waals surface area contributed by atoms with Crippen LogP contribution in [0.25, 0.3) is 0 Å². The van der Waals surface area contributed by atoms with Crippen molar-refractivity contribution in [2.24, 2.45) is 5.73 Å². The minimum Gasteiger partial charge on any atom is -0.330 e. The van der Waals surface area contributed by atoms with Gasteiger partial charge in [-0.1, -0.05) is 0 Å². The van der Waals surface area contributed by atoms with Crippen LogP contribution in [0.2, 0.25) is 0 Å². The van der Waals surface area contributed by atoms with E-state index >= 15 is 0 Å². The molecule has 0 aliphatic heterocycles. The van der Waals surface area contributed by atoms with Crippen LogP contribution in [0.4, 0.5) is 4.39 Å². The molecule has 1 aromatic heterocycles. The topological polar surface area (TPSA) is 38.9 Å². The molecule has 1 atom stereocenters. The van der Waals surface area contributed by atoms with Gasteiger partial charge >= 0.3 is 0 Å². The zero-order valence-electron chi connectivity index (χ0n) is 7.13. The second kappa shape index (κ2) is 4.16. The van der Waals surface area contributed by atoms with E-state index in [2.05, 4.69) is 4.98 Å². The van der Waals surface area contributed by atoms with Gasteiger partial charge in [-0.3, -0.25) is 4.98 Å². The second-order valence-electron chi connectivity index (χ2n) is 2.78. The molecule has 0 spiro atoms. The summed E-state index contributed by atoms with van der Waals surface area (Å²) in [5, 5.41) is 0. The largest absolute Gasteiger partial charge is 0.330 e. The maximum absolute atomic E-state index is 13.2. The third-order valence-electron chi connectivity index (χ3n) is 1.70. The Morgan fingerprint density at radius 1 is 1.67 bits per heavy atom. The fourth-order valence-electron chi connectivity index (χ4n) is 1.08. The predicted molar refractivity (Wildman–Crippen MR) is 46.5 cm³/mol. The van der Waals surface area contributed by atoms with Crippen LogP contribution < -0.4 is 5.73 Å². The molecule has 3 heteroatoms. The van der Waals surface area contributed by atoms with Crippen LogP contribution in [-0.4, -0.2) is 11.5 Å². The maximum atomic E-state index is 13.2. The van der Waals surface area contributed by atoms with Gasteiger partial charge in [0.15, 0.2) is 0 Å².